The van der Waals surface area contributed by atoms with Gasteiger partial charge in [0.05, 0.1) is 0 Å². The van der Waals surface area contributed by atoms with Gasteiger partial charge in [0.1, 0.15) is 0 Å². The molecular weight excluding hydrogens is 306 g/mol. The number of benzene rings is 2. The fraction of sp³-hybridized carbons (Fsp3) is 0.0667. The lowest BCUT2D eigenvalue weighted by Gasteiger charge is -2.11. The second kappa shape index (κ2) is 7.06. The van der Waals surface area contributed by atoms with E-state index >= 15 is 0 Å². The number of nitrogens with one attached hydrogen (secondary N) is 3. The van der Waals surface area contributed by atoms with E-state index in [1.165, 1.54) is 0 Å². The second-order valence-electron chi connectivity index (χ2n) is 4.41. The van der Waals surface area contributed by atoms with Crippen LogP contribution in [0.1, 0.15) is 15.9 Å². The molecule has 2 aromatic carbocycles. The van der Waals surface area contributed by atoms with Gasteiger partial charge in [-0.1, -0.05) is 29.3 Å². The quantitative estimate of drug-likeness (QED) is 0.587. The molecule has 2 aromatic rings. The molecule has 0 bridgehead atoms. The first-order valence-corrected chi connectivity index (χ1v) is 7.03. The van der Waals surface area contributed by atoms with Crippen molar-refractivity contribution in [2.45, 2.75) is 6.92 Å². The number of hydrogen-bond acceptors (Lipinski definition) is 2. The number of carbonyl (C=O) groups is 1. The van der Waals surface area contributed by atoms with E-state index in [4.69, 9.17) is 23.8 Å². The maximum Gasteiger partial charge on any atom is 0.269 e. The lowest BCUT2D eigenvalue weighted by molar-refractivity contribution is 0.0944. The van der Waals surface area contributed by atoms with E-state index in [9.17, 15) is 4.79 Å². The minimum absolute atomic E-state index is 0.254. The summed E-state index contributed by atoms with van der Waals surface area (Å²) in [5.74, 6) is -0.254. The molecule has 108 valence electrons. The van der Waals surface area contributed by atoms with Gasteiger partial charge in [0.2, 0.25) is 0 Å². The first-order valence-electron chi connectivity index (χ1n) is 6.24. The van der Waals surface area contributed by atoms with Gasteiger partial charge in [0.15, 0.2) is 5.11 Å². The summed E-state index contributed by atoms with van der Waals surface area (Å²) in [6.45, 7) is 1.96. The number of rotatable bonds is 2. The van der Waals surface area contributed by atoms with Crippen molar-refractivity contribution in [3.05, 3.63) is 64.7 Å². The third-order valence-corrected chi connectivity index (χ3v) is 3.16. The summed E-state index contributed by atoms with van der Waals surface area (Å²) < 4.78 is 0. The van der Waals surface area contributed by atoms with Gasteiger partial charge in [-0.25, -0.2) is 0 Å². The van der Waals surface area contributed by atoms with Gasteiger partial charge in [-0.05, 0) is 55.5 Å². The topological polar surface area (TPSA) is 53.2 Å². The van der Waals surface area contributed by atoms with Gasteiger partial charge in [0.25, 0.3) is 5.91 Å². The highest BCUT2D eigenvalue weighted by molar-refractivity contribution is 7.80. The Morgan fingerprint density at radius 1 is 1.00 bits per heavy atom. The summed E-state index contributed by atoms with van der Waals surface area (Å²) >= 11 is 10.9. The van der Waals surface area contributed by atoms with Crippen molar-refractivity contribution in [2.75, 3.05) is 5.32 Å². The molecular formula is C15H14ClN3OS. The number of anilines is 1. The van der Waals surface area contributed by atoms with Crippen LogP contribution in [0.4, 0.5) is 5.69 Å². The average Bonchev–Trinajstić information content (AvgIpc) is 2.48. The largest absolute Gasteiger partial charge is 0.331 e. The van der Waals surface area contributed by atoms with Gasteiger partial charge in [-0.15, -0.1) is 0 Å². The molecule has 0 aliphatic carbocycles. The molecule has 0 heterocycles. The Morgan fingerprint density at radius 2 is 1.62 bits per heavy atom. The van der Waals surface area contributed by atoms with E-state index in [1.807, 2.05) is 19.1 Å². The summed E-state index contributed by atoms with van der Waals surface area (Å²) in [6, 6.07) is 14.3. The van der Waals surface area contributed by atoms with Crippen LogP contribution in [0, 0.1) is 6.92 Å². The van der Waals surface area contributed by atoms with Gasteiger partial charge in [-0.2, -0.15) is 0 Å². The summed E-state index contributed by atoms with van der Waals surface area (Å²) in [7, 11) is 0. The number of hydrogen-bond donors (Lipinski definition) is 3. The predicted octanol–water partition coefficient (Wildman–Crippen LogP) is 3.28. The van der Waals surface area contributed by atoms with Crippen LogP contribution in [0.3, 0.4) is 0 Å². The lowest BCUT2D eigenvalue weighted by Crippen LogP contribution is -2.43. The summed E-state index contributed by atoms with van der Waals surface area (Å²) in [4.78, 5) is 11.9. The molecule has 0 saturated carbocycles. The zero-order valence-corrected chi connectivity index (χ0v) is 12.9. The Balaban J connectivity index is 1.84. The highest BCUT2D eigenvalue weighted by Gasteiger charge is 2.05. The maximum atomic E-state index is 11.9. The Bertz CT molecular complexity index is 641. The van der Waals surface area contributed by atoms with E-state index in [0.29, 0.717) is 10.6 Å². The molecule has 1 amide bonds. The zero-order chi connectivity index (χ0) is 15.2. The summed E-state index contributed by atoms with van der Waals surface area (Å²) in [5.41, 5.74) is 7.61. The Kier molecular flexibility index (Phi) is 5.14. The van der Waals surface area contributed by atoms with Crippen LogP contribution in [0.2, 0.25) is 5.02 Å². The zero-order valence-electron chi connectivity index (χ0n) is 11.3. The third kappa shape index (κ3) is 4.73. The number of thiocarbonyl (C=S) groups is 1. The number of halogens is 1. The van der Waals surface area contributed by atoms with Crippen molar-refractivity contribution in [1.29, 1.82) is 0 Å². The SMILES string of the molecule is Cc1ccc(C(=O)NNC(=S)Nc2ccc(Cl)cc2)cc1. The maximum absolute atomic E-state index is 11.9. The first-order chi connectivity index (χ1) is 10.0. The number of aryl methyl sites for hydroxylation is 1. The molecule has 0 spiro atoms. The molecule has 0 aliphatic rings. The van der Waals surface area contributed by atoms with Gasteiger partial charge < -0.3 is 5.32 Å². The van der Waals surface area contributed by atoms with Crippen LogP contribution >= 0.6 is 23.8 Å². The van der Waals surface area contributed by atoms with Gasteiger partial charge in [0, 0.05) is 16.3 Å². The summed E-state index contributed by atoms with van der Waals surface area (Å²) in [5, 5.41) is 3.87. The highest BCUT2D eigenvalue weighted by atomic mass is 35.5. The predicted molar refractivity (Wildman–Crippen MR) is 89.5 cm³/mol. The molecule has 0 aromatic heterocycles. The Labute approximate surface area is 133 Å². The van der Waals surface area contributed by atoms with Crippen molar-refractivity contribution >= 4 is 40.5 Å². The molecule has 6 heteroatoms. The van der Waals surface area contributed by atoms with Gasteiger partial charge >= 0.3 is 0 Å². The fourth-order valence-corrected chi connectivity index (χ4v) is 1.88. The van der Waals surface area contributed by atoms with Crippen molar-refractivity contribution in [3.63, 3.8) is 0 Å². The van der Waals surface area contributed by atoms with Crippen LogP contribution in [-0.2, 0) is 0 Å². The standard InChI is InChI=1S/C15H14ClN3OS/c1-10-2-4-11(5-3-10)14(20)18-19-15(21)17-13-8-6-12(16)7-9-13/h2-9H,1H3,(H,18,20)(H2,17,19,21). The fourth-order valence-electron chi connectivity index (χ4n) is 1.59. The number of amides is 1. The van der Waals surface area contributed by atoms with Crippen molar-refractivity contribution in [1.82, 2.24) is 10.9 Å². The van der Waals surface area contributed by atoms with E-state index in [2.05, 4.69) is 16.2 Å². The van der Waals surface area contributed by atoms with E-state index in [1.54, 1.807) is 36.4 Å². The Hall–Kier alpha value is -2.11. The Morgan fingerprint density at radius 3 is 2.24 bits per heavy atom. The second-order valence-corrected chi connectivity index (χ2v) is 5.25. The number of hydrazine groups is 1. The van der Waals surface area contributed by atoms with E-state index in [-0.39, 0.29) is 11.0 Å². The molecule has 0 fully saturated rings. The minimum atomic E-state index is -0.254. The summed E-state index contributed by atoms with van der Waals surface area (Å²) in [6.07, 6.45) is 0. The van der Waals surface area contributed by atoms with Crippen LogP contribution in [0.5, 0.6) is 0 Å². The number of carbonyl (C=O) groups excluding carboxylic acids is 1. The smallest absolute Gasteiger partial charge is 0.269 e. The average molecular weight is 320 g/mol. The van der Waals surface area contributed by atoms with Gasteiger partial charge in [-0.3, -0.25) is 15.6 Å². The highest BCUT2D eigenvalue weighted by Crippen LogP contribution is 2.13. The molecule has 0 aliphatic heterocycles. The van der Waals surface area contributed by atoms with E-state index in [0.717, 1.165) is 11.3 Å². The van der Waals surface area contributed by atoms with Crippen molar-refractivity contribution < 1.29 is 4.79 Å². The third-order valence-electron chi connectivity index (χ3n) is 2.71. The van der Waals surface area contributed by atoms with Crippen LogP contribution in [-0.4, -0.2) is 11.0 Å². The molecule has 0 atom stereocenters. The molecule has 21 heavy (non-hydrogen) atoms. The molecule has 0 unspecified atom stereocenters. The van der Waals surface area contributed by atoms with Crippen molar-refractivity contribution in [2.24, 2.45) is 0 Å². The minimum Gasteiger partial charge on any atom is -0.331 e. The van der Waals surface area contributed by atoms with Crippen molar-refractivity contribution in [3.8, 4) is 0 Å². The molecule has 4 nitrogen and oxygen atoms in total. The van der Waals surface area contributed by atoms with Crippen LogP contribution in [0.25, 0.3) is 0 Å². The lowest BCUT2D eigenvalue weighted by atomic mass is 10.1. The normalized spacial score (nSPS) is 9.81. The monoisotopic (exact) mass is 319 g/mol. The van der Waals surface area contributed by atoms with Crippen LogP contribution in [0.15, 0.2) is 48.5 Å². The first kappa shape index (κ1) is 15.3. The molecule has 2 rings (SSSR count). The van der Waals surface area contributed by atoms with Crippen LogP contribution < -0.4 is 16.2 Å². The molecule has 3 N–H and O–H groups in total. The van der Waals surface area contributed by atoms with E-state index < -0.39 is 0 Å². The molecule has 0 saturated heterocycles. The molecule has 0 radical (unpaired) electrons.